The molecule has 104 valence electrons. The minimum absolute atomic E-state index is 0.0269. The summed E-state index contributed by atoms with van der Waals surface area (Å²) in [6, 6.07) is 3.93. The minimum atomic E-state index is 0.0269. The van der Waals surface area contributed by atoms with Gasteiger partial charge in [0.05, 0.1) is 5.69 Å². The van der Waals surface area contributed by atoms with Crippen molar-refractivity contribution in [3.63, 3.8) is 0 Å². The Morgan fingerprint density at radius 2 is 1.70 bits per heavy atom. The SMILES string of the molecule is Cc1cc(-c2nc3c(c(=O)[nH]2)CCCCC3)cc(C)n1. The molecule has 1 aliphatic rings. The third-order valence-corrected chi connectivity index (χ3v) is 3.80. The van der Waals surface area contributed by atoms with Crippen molar-refractivity contribution in [2.45, 2.75) is 46.0 Å². The monoisotopic (exact) mass is 269 g/mol. The zero-order valence-corrected chi connectivity index (χ0v) is 12.0. The van der Waals surface area contributed by atoms with Crippen molar-refractivity contribution in [1.82, 2.24) is 15.0 Å². The molecule has 0 amide bonds. The molecule has 0 radical (unpaired) electrons. The molecule has 0 saturated heterocycles. The van der Waals surface area contributed by atoms with E-state index in [4.69, 9.17) is 4.98 Å². The Morgan fingerprint density at radius 1 is 1.00 bits per heavy atom. The molecule has 4 nitrogen and oxygen atoms in total. The molecule has 0 atom stereocenters. The second-order valence-electron chi connectivity index (χ2n) is 5.54. The molecule has 0 aliphatic heterocycles. The third kappa shape index (κ3) is 2.50. The zero-order chi connectivity index (χ0) is 14.1. The van der Waals surface area contributed by atoms with Crippen molar-refractivity contribution in [1.29, 1.82) is 0 Å². The summed E-state index contributed by atoms with van der Waals surface area (Å²) in [5, 5.41) is 0. The highest BCUT2D eigenvalue weighted by atomic mass is 16.1. The fourth-order valence-corrected chi connectivity index (χ4v) is 2.89. The van der Waals surface area contributed by atoms with E-state index in [1.807, 2.05) is 26.0 Å². The van der Waals surface area contributed by atoms with Gasteiger partial charge in [-0.3, -0.25) is 9.78 Å². The minimum Gasteiger partial charge on any atom is -0.306 e. The van der Waals surface area contributed by atoms with Crippen LogP contribution in [0.15, 0.2) is 16.9 Å². The highest BCUT2D eigenvalue weighted by Gasteiger charge is 2.15. The summed E-state index contributed by atoms with van der Waals surface area (Å²) < 4.78 is 0. The Bertz CT molecular complexity index is 683. The van der Waals surface area contributed by atoms with E-state index in [1.54, 1.807) is 0 Å². The average molecular weight is 269 g/mol. The van der Waals surface area contributed by atoms with E-state index in [-0.39, 0.29) is 5.56 Å². The number of hydrogen-bond donors (Lipinski definition) is 1. The molecule has 0 fully saturated rings. The fourth-order valence-electron chi connectivity index (χ4n) is 2.89. The number of fused-ring (bicyclic) bond motifs is 1. The summed E-state index contributed by atoms with van der Waals surface area (Å²) in [6.45, 7) is 3.91. The van der Waals surface area contributed by atoms with Crippen LogP contribution in [0.3, 0.4) is 0 Å². The van der Waals surface area contributed by atoms with Crippen LogP contribution in [0.25, 0.3) is 11.4 Å². The van der Waals surface area contributed by atoms with E-state index in [2.05, 4.69) is 9.97 Å². The number of aromatic amines is 1. The lowest BCUT2D eigenvalue weighted by Gasteiger charge is -2.08. The number of hydrogen-bond acceptors (Lipinski definition) is 3. The second kappa shape index (κ2) is 5.19. The van der Waals surface area contributed by atoms with Crippen molar-refractivity contribution < 1.29 is 0 Å². The van der Waals surface area contributed by atoms with Crippen LogP contribution in [-0.2, 0) is 12.8 Å². The first-order chi connectivity index (χ1) is 9.63. The normalized spacial score (nSPS) is 14.7. The van der Waals surface area contributed by atoms with Crippen LogP contribution in [0.5, 0.6) is 0 Å². The smallest absolute Gasteiger partial charge is 0.254 e. The van der Waals surface area contributed by atoms with Crippen LogP contribution in [0.2, 0.25) is 0 Å². The molecule has 0 aromatic carbocycles. The van der Waals surface area contributed by atoms with E-state index in [0.717, 1.165) is 53.9 Å². The van der Waals surface area contributed by atoms with Gasteiger partial charge in [0.1, 0.15) is 5.82 Å². The molecule has 0 unspecified atom stereocenters. The highest BCUT2D eigenvalue weighted by Crippen LogP contribution is 2.20. The molecule has 4 heteroatoms. The molecule has 1 N–H and O–H groups in total. The van der Waals surface area contributed by atoms with Gasteiger partial charge in [-0.1, -0.05) is 6.42 Å². The molecular weight excluding hydrogens is 250 g/mol. The Kier molecular flexibility index (Phi) is 3.38. The Labute approximate surface area is 118 Å². The summed E-state index contributed by atoms with van der Waals surface area (Å²) in [5.74, 6) is 0.671. The van der Waals surface area contributed by atoms with Crippen molar-refractivity contribution in [3.05, 3.63) is 45.1 Å². The van der Waals surface area contributed by atoms with Gasteiger partial charge in [0, 0.05) is 22.5 Å². The summed E-state index contributed by atoms with van der Waals surface area (Å²) >= 11 is 0. The van der Waals surface area contributed by atoms with Crippen molar-refractivity contribution in [2.75, 3.05) is 0 Å². The number of H-pyrrole nitrogens is 1. The van der Waals surface area contributed by atoms with E-state index in [0.29, 0.717) is 5.82 Å². The molecule has 2 aromatic heterocycles. The summed E-state index contributed by atoms with van der Waals surface area (Å²) in [6.07, 6.45) is 5.15. The summed E-state index contributed by atoms with van der Waals surface area (Å²) in [5.41, 5.74) is 4.72. The van der Waals surface area contributed by atoms with Gasteiger partial charge >= 0.3 is 0 Å². The van der Waals surface area contributed by atoms with E-state index >= 15 is 0 Å². The molecule has 2 heterocycles. The maximum atomic E-state index is 12.3. The summed E-state index contributed by atoms with van der Waals surface area (Å²) in [4.78, 5) is 24.3. The predicted molar refractivity (Wildman–Crippen MR) is 78.8 cm³/mol. The van der Waals surface area contributed by atoms with Crippen LogP contribution < -0.4 is 5.56 Å². The van der Waals surface area contributed by atoms with Gasteiger partial charge in [0.2, 0.25) is 0 Å². The van der Waals surface area contributed by atoms with E-state index in [9.17, 15) is 4.79 Å². The van der Waals surface area contributed by atoms with Crippen molar-refractivity contribution in [3.8, 4) is 11.4 Å². The van der Waals surface area contributed by atoms with Gasteiger partial charge < -0.3 is 4.98 Å². The first-order valence-electron chi connectivity index (χ1n) is 7.21. The number of nitrogens with zero attached hydrogens (tertiary/aromatic N) is 2. The second-order valence-corrected chi connectivity index (χ2v) is 5.54. The molecule has 20 heavy (non-hydrogen) atoms. The predicted octanol–water partition coefficient (Wildman–Crippen LogP) is 2.72. The standard InChI is InChI=1S/C16H19N3O/c1-10-8-12(9-11(2)17-10)15-18-14-7-5-3-4-6-13(14)16(20)19-15/h8-9H,3-7H2,1-2H3,(H,18,19,20). The highest BCUT2D eigenvalue weighted by molar-refractivity contribution is 5.56. The Hall–Kier alpha value is -1.97. The Morgan fingerprint density at radius 3 is 2.45 bits per heavy atom. The number of nitrogens with one attached hydrogen (secondary N) is 1. The molecule has 0 spiro atoms. The Balaban J connectivity index is 2.13. The quantitative estimate of drug-likeness (QED) is 0.810. The van der Waals surface area contributed by atoms with Gasteiger partial charge in [-0.25, -0.2) is 4.98 Å². The first-order valence-corrected chi connectivity index (χ1v) is 7.21. The van der Waals surface area contributed by atoms with Crippen molar-refractivity contribution >= 4 is 0 Å². The average Bonchev–Trinajstić information content (AvgIpc) is 2.63. The molecule has 2 aromatic rings. The zero-order valence-electron chi connectivity index (χ0n) is 12.0. The number of aryl methyl sites for hydroxylation is 3. The first kappa shape index (κ1) is 13.0. The molecule has 3 rings (SSSR count). The molecular formula is C16H19N3O. The number of rotatable bonds is 1. The van der Waals surface area contributed by atoms with Crippen LogP contribution in [0.4, 0.5) is 0 Å². The maximum absolute atomic E-state index is 12.3. The largest absolute Gasteiger partial charge is 0.306 e. The lowest BCUT2D eigenvalue weighted by Crippen LogP contribution is -2.18. The molecule has 0 bridgehead atoms. The third-order valence-electron chi connectivity index (χ3n) is 3.80. The van der Waals surface area contributed by atoms with Crippen molar-refractivity contribution in [2.24, 2.45) is 0 Å². The van der Waals surface area contributed by atoms with Gasteiger partial charge in [-0.2, -0.15) is 0 Å². The van der Waals surface area contributed by atoms with E-state index in [1.165, 1.54) is 6.42 Å². The summed E-state index contributed by atoms with van der Waals surface area (Å²) in [7, 11) is 0. The molecule has 1 aliphatic carbocycles. The van der Waals surface area contributed by atoms with Gasteiger partial charge in [0.15, 0.2) is 0 Å². The number of aromatic nitrogens is 3. The molecule has 0 saturated carbocycles. The lowest BCUT2D eigenvalue weighted by atomic mass is 10.1. The maximum Gasteiger partial charge on any atom is 0.254 e. The topological polar surface area (TPSA) is 58.6 Å². The fraction of sp³-hybridized carbons (Fsp3) is 0.438. The van der Waals surface area contributed by atoms with Gasteiger partial charge in [0.25, 0.3) is 5.56 Å². The lowest BCUT2D eigenvalue weighted by molar-refractivity contribution is 0.708. The van der Waals surface area contributed by atoms with Crippen LogP contribution in [0.1, 0.15) is 41.9 Å². The van der Waals surface area contributed by atoms with E-state index < -0.39 is 0 Å². The van der Waals surface area contributed by atoms with Crippen LogP contribution in [-0.4, -0.2) is 15.0 Å². The van der Waals surface area contributed by atoms with Crippen LogP contribution in [0, 0.1) is 13.8 Å². The van der Waals surface area contributed by atoms with Gasteiger partial charge in [-0.15, -0.1) is 0 Å². The number of pyridine rings is 1. The van der Waals surface area contributed by atoms with Crippen LogP contribution >= 0.6 is 0 Å². The van der Waals surface area contributed by atoms with Gasteiger partial charge in [-0.05, 0) is 51.7 Å².